The highest BCUT2D eigenvalue weighted by Crippen LogP contribution is 2.31. The van der Waals surface area contributed by atoms with Crippen LogP contribution in [0.4, 0.5) is 11.4 Å². The van der Waals surface area contributed by atoms with Crippen molar-refractivity contribution in [2.75, 3.05) is 17.6 Å². The third-order valence-electron chi connectivity index (χ3n) is 2.65. The summed E-state index contributed by atoms with van der Waals surface area (Å²) in [5.41, 5.74) is 6.23. The van der Waals surface area contributed by atoms with Gasteiger partial charge in [0.25, 0.3) is 10.0 Å². The molecule has 5 nitrogen and oxygen atoms in total. The molecule has 0 unspecified atom stereocenters. The maximum atomic E-state index is 12.5. The molecule has 3 N–H and O–H groups in total. The summed E-state index contributed by atoms with van der Waals surface area (Å²) in [5.74, 6) is 0.199. The third-order valence-corrected chi connectivity index (χ3v) is 4.85. The van der Waals surface area contributed by atoms with Gasteiger partial charge in [0.1, 0.15) is 10.6 Å². The molecule has 0 atom stereocenters. The molecule has 8 heteroatoms. The molecule has 0 spiro atoms. The Bertz CT molecular complexity index is 781. The van der Waals surface area contributed by atoms with Crippen molar-refractivity contribution in [2.45, 2.75) is 4.90 Å². The van der Waals surface area contributed by atoms with E-state index in [0.717, 1.165) is 4.47 Å². The van der Waals surface area contributed by atoms with Crippen molar-refractivity contribution in [2.24, 2.45) is 0 Å². The van der Waals surface area contributed by atoms with Crippen molar-refractivity contribution in [3.63, 3.8) is 0 Å². The Balaban J connectivity index is 2.45. The Hall–Kier alpha value is -1.44. The largest absolute Gasteiger partial charge is 0.495 e. The first kappa shape index (κ1) is 15.9. The number of rotatable bonds is 4. The fraction of sp³-hybridized carbons (Fsp3) is 0.0769. The van der Waals surface area contributed by atoms with Crippen molar-refractivity contribution in [1.29, 1.82) is 0 Å². The van der Waals surface area contributed by atoms with Crippen LogP contribution in [-0.2, 0) is 10.0 Å². The number of anilines is 2. The van der Waals surface area contributed by atoms with Gasteiger partial charge in [-0.15, -0.1) is 0 Å². The van der Waals surface area contributed by atoms with Gasteiger partial charge in [0.15, 0.2) is 0 Å². The quantitative estimate of drug-likeness (QED) is 0.782. The van der Waals surface area contributed by atoms with Crippen LogP contribution in [0, 0.1) is 0 Å². The lowest BCUT2D eigenvalue weighted by molar-refractivity contribution is 0.403. The van der Waals surface area contributed by atoms with Gasteiger partial charge in [-0.2, -0.15) is 0 Å². The number of sulfonamides is 1. The molecule has 0 fully saturated rings. The van der Waals surface area contributed by atoms with Gasteiger partial charge in [0, 0.05) is 10.2 Å². The number of nitrogen functional groups attached to an aromatic ring is 1. The summed E-state index contributed by atoms with van der Waals surface area (Å²) in [6.07, 6.45) is 0. The number of methoxy groups -OCH3 is 1. The summed E-state index contributed by atoms with van der Waals surface area (Å²) in [6, 6.07) is 9.21. The highest BCUT2D eigenvalue weighted by atomic mass is 79.9. The fourth-order valence-electron chi connectivity index (χ4n) is 1.68. The Morgan fingerprint density at radius 2 is 1.95 bits per heavy atom. The van der Waals surface area contributed by atoms with Crippen molar-refractivity contribution >= 4 is 48.9 Å². The Morgan fingerprint density at radius 1 is 1.24 bits per heavy atom. The molecule has 112 valence electrons. The van der Waals surface area contributed by atoms with Crippen LogP contribution in [0.5, 0.6) is 5.75 Å². The van der Waals surface area contributed by atoms with Gasteiger partial charge in [-0.3, -0.25) is 4.72 Å². The van der Waals surface area contributed by atoms with Crippen molar-refractivity contribution in [1.82, 2.24) is 0 Å². The maximum Gasteiger partial charge on any atom is 0.265 e. The number of benzene rings is 2. The molecule has 0 radical (unpaired) electrons. The van der Waals surface area contributed by atoms with Crippen LogP contribution in [0.2, 0.25) is 5.02 Å². The lowest BCUT2D eigenvalue weighted by Crippen LogP contribution is -2.14. The molecule has 0 saturated heterocycles. The molecule has 0 aliphatic heterocycles. The monoisotopic (exact) mass is 390 g/mol. The van der Waals surface area contributed by atoms with Gasteiger partial charge in [-0.05, 0) is 36.4 Å². The predicted octanol–water partition coefficient (Wildman–Crippen LogP) is 3.49. The minimum absolute atomic E-state index is 0.0519. The molecule has 0 amide bonds. The van der Waals surface area contributed by atoms with Crippen LogP contribution in [0.25, 0.3) is 0 Å². The highest BCUT2D eigenvalue weighted by Gasteiger charge is 2.21. The van der Waals surface area contributed by atoms with E-state index in [-0.39, 0.29) is 21.4 Å². The van der Waals surface area contributed by atoms with E-state index in [1.54, 1.807) is 24.3 Å². The average molecular weight is 392 g/mol. The van der Waals surface area contributed by atoms with E-state index in [9.17, 15) is 8.42 Å². The molecule has 0 aliphatic carbocycles. The SMILES string of the molecule is COc1ccc(N)cc1S(=O)(=O)Nc1ccc(Br)cc1Cl. The van der Waals surface area contributed by atoms with Crippen molar-refractivity contribution in [3.8, 4) is 5.75 Å². The van der Waals surface area contributed by atoms with E-state index in [4.69, 9.17) is 22.1 Å². The van der Waals surface area contributed by atoms with Gasteiger partial charge in [-0.25, -0.2) is 8.42 Å². The first-order chi connectivity index (χ1) is 9.83. The summed E-state index contributed by atoms with van der Waals surface area (Å²) in [5, 5.41) is 0.274. The minimum atomic E-state index is -3.87. The Morgan fingerprint density at radius 3 is 2.57 bits per heavy atom. The van der Waals surface area contributed by atoms with E-state index >= 15 is 0 Å². The predicted molar refractivity (Wildman–Crippen MR) is 87.4 cm³/mol. The number of hydrogen-bond donors (Lipinski definition) is 2. The van der Waals surface area contributed by atoms with Gasteiger partial charge in [-0.1, -0.05) is 27.5 Å². The van der Waals surface area contributed by atoms with E-state index in [1.807, 2.05) is 0 Å². The summed E-state index contributed by atoms with van der Waals surface area (Å²) < 4.78 is 33.1. The number of ether oxygens (including phenoxy) is 1. The van der Waals surface area contributed by atoms with Gasteiger partial charge >= 0.3 is 0 Å². The Kier molecular flexibility index (Phi) is 4.65. The first-order valence-corrected chi connectivity index (χ1v) is 8.40. The number of nitrogens with two attached hydrogens (primary N) is 1. The average Bonchev–Trinajstić information content (AvgIpc) is 2.42. The Labute approximate surface area is 136 Å². The lowest BCUT2D eigenvalue weighted by Gasteiger charge is -2.13. The summed E-state index contributed by atoms with van der Waals surface area (Å²) in [4.78, 5) is -0.0519. The molecular formula is C13H12BrClN2O3S. The molecular weight excluding hydrogens is 380 g/mol. The fourth-order valence-corrected chi connectivity index (χ4v) is 3.74. The van der Waals surface area contributed by atoms with E-state index in [2.05, 4.69) is 20.7 Å². The second-order valence-electron chi connectivity index (χ2n) is 4.14. The lowest BCUT2D eigenvalue weighted by atomic mass is 10.3. The second-order valence-corrected chi connectivity index (χ2v) is 7.11. The van der Waals surface area contributed by atoms with E-state index in [0.29, 0.717) is 5.69 Å². The van der Waals surface area contributed by atoms with Crippen LogP contribution in [0.1, 0.15) is 0 Å². The molecule has 0 heterocycles. The number of nitrogens with one attached hydrogen (secondary N) is 1. The van der Waals surface area contributed by atoms with Crippen LogP contribution in [0.15, 0.2) is 45.8 Å². The molecule has 21 heavy (non-hydrogen) atoms. The zero-order valence-corrected chi connectivity index (χ0v) is 14.1. The van der Waals surface area contributed by atoms with E-state index in [1.165, 1.54) is 19.2 Å². The topological polar surface area (TPSA) is 81.4 Å². The normalized spacial score (nSPS) is 11.2. The van der Waals surface area contributed by atoms with Crippen LogP contribution in [0.3, 0.4) is 0 Å². The summed E-state index contributed by atoms with van der Waals surface area (Å²) in [7, 11) is -2.48. The zero-order chi connectivity index (χ0) is 15.6. The van der Waals surface area contributed by atoms with E-state index < -0.39 is 10.0 Å². The molecule has 2 aromatic carbocycles. The molecule has 0 aliphatic rings. The molecule has 2 rings (SSSR count). The van der Waals surface area contributed by atoms with Crippen molar-refractivity contribution in [3.05, 3.63) is 45.9 Å². The zero-order valence-electron chi connectivity index (χ0n) is 10.9. The number of hydrogen-bond acceptors (Lipinski definition) is 4. The highest BCUT2D eigenvalue weighted by molar-refractivity contribution is 9.10. The number of halogens is 2. The smallest absolute Gasteiger partial charge is 0.265 e. The van der Waals surface area contributed by atoms with Crippen LogP contribution in [-0.4, -0.2) is 15.5 Å². The van der Waals surface area contributed by atoms with Gasteiger partial charge in [0.2, 0.25) is 0 Å². The minimum Gasteiger partial charge on any atom is -0.495 e. The standard InChI is InChI=1S/C13H12BrClN2O3S/c1-20-12-5-3-9(16)7-13(12)21(18,19)17-11-4-2-8(14)6-10(11)15/h2-7,17H,16H2,1H3. The summed E-state index contributed by atoms with van der Waals surface area (Å²) >= 11 is 9.27. The molecule has 0 aromatic heterocycles. The second kappa shape index (κ2) is 6.13. The summed E-state index contributed by atoms with van der Waals surface area (Å²) in [6.45, 7) is 0. The van der Waals surface area contributed by atoms with Crippen molar-refractivity contribution < 1.29 is 13.2 Å². The maximum absolute atomic E-state index is 12.5. The van der Waals surface area contributed by atoms with Gasteiger partial charge < -0.3 is 10.5 Å². The first-order valence-electron chi connectivity index (χ1n) is 5.75. The van der Waals surface area contributed by atoms with Crippen LogP contribution >= 0.6 is 27.5 Å². The van der Waals surface area contributed by atoms with Gasteiger partial charge in [0.05, 0.1) is 17.8 Å². The molecule has 0 bridgehead atoms. The molecule has 2 aromatic rings. The molecule has 0 saturated carbocycles. The third kappa shape index (κ3) is 3.61. The van der Waals surface area contributed by atoms with Crippen LogP contribution < -0.4 is 15.2 Å².